The van der Waals surface area contributed by atoms with E-state index in [0.29, 0.717) is 21.2 Å². The Kier molecular flexibility index (Phi) is 9.78. The van der Waals surface area contributed by atoms with Gasteiger partial charge in [0.1, 0.15) is 18.1 Å². The monoisotopic (exact) mass is 587 g/mol. The van der Waals surface area contributed by atoms with E-state index in [2.05, 4.69) is 16.2 Å². The van der Waals surface area contributed by atoms with Crippen molar-refractivity contribution in [3.8, 4) is 12.1 Å². The number of anilines is 1. The number of hydrogen-bond donors (Lipinski definition) is 3. The highest BCUT2D eigenvalue weighted by Gasteiger charge is 2.31. The molecule has 2 heterocycles. The predicted octanol–water partition coefficient (Wildman–Crippen LogP) is 1.33. The summed E-state index contributed by atoms with van der Waals surface area (Å²) in [5.74, 6) is -1.82. The van der Waals surface area contributed by atoms with Gasteiger partial charge >= 0.3 is 6.09 Å². The molecule has 14 nitrogen and oxygen atoms in total. The maximum absolute atomic E-state index is 13.1. The van der Waals surface area contributed by atoms with Crippen molar-refractivity contribution in [2.24, 2.45) is 0 Å². The number of hydrogen-bond acceptors (Lipinski definition) is 10. The number of carbonyl (C=O) groups excluding carboxylic acids is 4. The summed E-state index contributed by atoms with van der Waals surface area (Å²) in [6.07, 6.45) is -0.202. The van der Waals surface area contributed by atoms with Gasteiger partial charge in [-0.3, -0.25) is 25.2 Å². The molecule has 4 amide bonds. The zero-order valence-corrected chi connectivity index (χ0v) is 23.1. The van der Waals surface area contributed by atoms with E-state index in [0.717, 1.165) is 11.3 Å². The van der Waals surface area contributed by atoms with Crippen molar-refractivity contribution >= 4 is 50.2 Å². The third-order valence-corrected chi connectivity index (χ3v) is 8.58. The second-order valence-electron chi connectivity index (χ2n) is 8.28. The van der Waals surface area contributed by atoms with Gasteiger partial charge in [-0.2, -0.15) is 14.8 Å². The molecule has 1 aromatic heterocycles. The fourth-order valence-electron chi connectivity index (χ4n) is 3.80. The third-order valence-electron chi connectivity index (χ3n) is 5.64. The second-order valence-corrected chi connectivity index (χ2v) is 11.3. The van der Waals surface area contributed by atoms with Gasteiger partial charge in [-0.1, -0.05) is 0 Å². The van der Waals surface area contributed by atoms with Gasteiger partial charge in [0.2, 0.25) is 15.9 Å². The fourth-order valence-corrected chi connectivity index (χ4v) is 6.29. The van der Waals surface area contributed by atoms with Crippen LogP contribution in [-0.4, -0.2) is 67.7 Å². The summed E-state index contributed by atoms with van der Waals surface area (Å²) in [6, 6.07) is 8.26. The summed E-state index contributed by atoms with van der Waals surface area (Å²) in [4.78, 5) is 51.5. The maximum Gasteiger partial charge on any atom is 0.410 e. The molecule has 0 saturated carbocycles. The van der Waals surface area contributed by atoms with Gasteiger partial charge in [-0.15, -0.1) is 11.3 Å². The Morgan fingerprint density at radius 2 is 1.73 bits per heavy atom. The Morgan fingerprint density at radius 3 is 2.30 bits per heavy atom. The van der Waals surface area contributed by atoms with Gasteiger partial charge in [-0.25, -0.2) is 13.2 Å². The lowest BCUT2D eigenvalue weighted by molar-refractivity contribution is -0.119. The van der Waals surface area contributed by atoms with Gasteiger partial charge in [-0.05, 0) is 43.2 Å². The van der Waals surface area contributed by atoms with Crippen LogP contribution in [0.25, 0.3) is 0 Å². The first kappa shape index (κ1) is 30.0. The average molecular weight is 588 g/mol. The molecule has 0 bridgehead atoms. The van der Waals surface area contributed by atoms with Crippen LogP contribution in [0.5, 0.6) is 0 Å². The predicted molar refractivity (Wildman–Crippen MR) is 141 cm³/mol. The molecule has 0 aliphatic carbocycles. The number of thiophene rings is 1. The first-order valence-electron chi connectivity index (χ1n) is 11.8. The summed E-state index contributed by atoms with van der Waals surface area (Å²) in [6.45, 7) is 2.51. The minimum Gasteiger partial charge on any atom is -0.450 e. The summed E-state index contributed by atoms with van der Waals surface area (Å²) in [5, 5.41) is 20.6. The molecule has 0 saturated heterocycles. The number of sulfonamides is 1. The quantitative estimate of drug-likeness (QED) is 0.301. The molecule has 0 fully saturated rings. The molecular weight excluding hydrogens is 562 g/mol. The number of benzene rings is 1. The molecule has 210 valence electrons. The number of nitrogens with one attached hydrogen (secondary N) is 3. The Bertz CT molecular complexity index is 1490. The standard InChI is InChI=1S/C24H25N7O7S2/c1-3-38-24(35)30-11-8-18-19(14-30)39-23(20(18)22(34)29-28-15(2)32)27-21(33)16-4-6-17(7-5-16)40(36,37)31(12-9-25)13-10-26/h4-7H,3,8,11-14H2,1-2H3,(H,27,33)(H,28,32)(H,29,34). The van der Waals surface area contributed by atoms with E-state index in [4.69, 9.17) is 15.3 Å². The highest BCUT2D eigenvalue weighted by atomic mass is 32.2. The van der Waals surface area contributed by atoms with Gasteiger partial charge < -0.3 is 15.0 Å². The Hall–Kier alpha value is -4.51. The molecule has 0 radical (unpaired) electrons. The Morgan fingerprint density at radius 1 is 1.07 bits per heavy atom. The zero-order valence-electron chi connectivity index (χ0n) is 21.5. The van der Waals surface area contributed by atoms with Crippen LogP contribution < -0.4 is 16.2 Å². The first-order valence-corrected chi connectivity index (χ1v) is 14.1. The smallest absolute Gasteiger partial charge is 0.410 e. The van der Waals surface area contributed by atoms with E-state index >= 15 is 0 Å². The lowest BCUT2D eigenvalue weighted by Crippen LogP contribution is -2.41. The number of nitriles is 2. The highest BCUT2D eigenvalue weighted by molar-refractivity contribution is 7.89. The van der Waals surface area contributed by atoms with Gasteiger partial charge in [0.25, 0.3) is 11.8 Å². The maximum atomic E-state index is 13.1. The Balaban J connectivity index is 1.89. The van der Waals surface area contributed by atoms with Crippen LogP contribution in [0.15, 0.2) is 29.2 Å². The first-order chi connectivity index (χ1) is 19.0. The lowest BCUT2D eigenvalue weighted by atomic mass is 10.0. The van der Waals surface area contributed by atoms with E-state index in [9.17, 15) is 27.6 Å². The molecule has 1 aliphatic heterocycles. The van der Waals surface area contributed by atoms with E-state index in [1.807, 2.05) is 0 Å². The largest absolute Gasteiger partial charge is 0.450 e. The average Bonchev–Trinajstić information content (AvgIpc) is 3.28. The number of amides is 4. The van der Waals surface area contributed by atoms with Crippen LogP contribution in [0.4, 0.5) is 9.80 Å². The van der Waals surface area contributed by atoms with Crippen LogP contribution in [0.2, 0.25) is 0 Å². The molecular formula is C24H25N7O7S2. The molecule has 1 aromatic carbocycles. The molecule has 40 heavy (non-hydrogen) atoms. The van der Waals surface area contributed by atoms with Crippen LogP contribution >= 0.6 is 11.3 Å². The van der Waals surface area contributed by atoms with Crippen molar-refractivity contribution in [2.75, 3.05) is 31.6 Å². The van der Waals surface area contributed by atoms with Gasteiger partial charge in [0.15, 0.2) is 0 Å². The molecule has 1 aliphatic rings. The van der Waals surface area contributed by atoms with E-state index < -0.39 is 46.9 Å². The van der Waals surface area contributed by atoms with Crippen molar-refractivity contribution < 1.29 is 32.3 Å². The van der Waals surface area contributed by atoms with Gasteiger partial charge in [0.05, 0.1) is 35.7 Å². The number of nitrogens with zero attached hydrogens (tertiary/aromatic N) is 4. The number of hydrazine groups is 1. The van der Waals surface area contributed by atoms with Crippen LogP contribution in [0, 0.1) is 22.7 Å². The van der Waals surface area contributed by atoms with Gasteiger partial charge in [0, 0.05) is 23.9 Å². The number of ether oxygens (including phenoxy) is 1. The zero-order chi connectivity index (χ0) is 29.4. The van der Waals surface area contributed by atoms with Crippen LogP contribution in [0.3, 0.4) is 0 Å². The molecule has 0 unspecified atom stereocenters. The van der Waals surface area contributed by atoms with E-state index in [-0.39, 0.29) is 40.7 Å². The normalized spacial score (nSPS) is 12.5. The molecule has 16 heteroatoms. The summed E-state index contributed by atoms with van der Waals surface area (Å²) in [7, 11) is -4.15. The molecule has 3 N–H and O–H groups in total. The lowest BCUT2D eigenvalue weighted by Gasteiger charge is -2.26. The Labute approximate surface area is 234 Å². The molecule has 2 aromatic rings. The van der Waals surface area contributed by atoms with Crippen molar-refractivity contribution in [2.45, 2.75) is 31.7 Å². The minimum atomic E-state index is -4.15. The highest BCUT2D eigenvalue weighted by Crippen LogP contribution is 2.37. The van der Waals surface area contributed by atoms with Crippen LogP contribution in [-0.2, 0) is 32.5 Å². The molecule has 0 atom stereocenters. The number of fused-ring (bicyclic) bond motifs is 1. The molecule has 0 spiro atoms. The third kappa shape index (κ3) is 6.73. The van der Waals surface area contributed by atoms with Crippen molar-refractivity contribution in [3.63, 3.8) is 0 Å². The van der Waals surface area contributed by atoms with Crippen molar-refractivity contribution in [3.05, 3.63) is 45.8 Å². The second kappa shape index (κ2) is 13.0. The summed E-state index contributed by atoms with van der Waals surface area (Å²) < 4.78 is 31.3. The van der Waals surface area contributed by atoms with E-state index in [1.54, 1.807) is 19.1 Å². The SMILES string of the molecule is CCOC(=O)N1CCc2c(sc(NC(=O)c3ccc(S(=O)(=O)N(CC#N)CC#N)cc3)c2C(=O)NNC(C)=O)C1. The van der Waals surface area contributed by atoms with Crippen molar-refractivity contribution in [1.29, 1.82) is 10.5 Å². The summed E-state index contributed by atoms with van der Waals surface area (Å²) >= 11 is 1.09. The van der Waals surface area contributed by atoms with Crippen LogP contribution in [0.1, 0.15) is 45.0 Å². The fraction of sp³-hybridized carbons (Fsp3) is 0.333. The summed E-state index contributed by atoms with van der Waals surface area (Å²) in [5.41, 5.74) is 5.32. The number of rotatable bonds is 8. The van der Waals surface area contributed by atoms with E-state index in [1.165, 1.54) is 36.1 Å². The minimum absolute atomic E-state index is 0.0683. The number of carbonyl (C=O) groups is 4. The molecule has 3 rings (SSSR count). The van der Waals surface area contributed by atoms with Crippen molar-refractivity contribution in [1.82, 2.24) is 20.1 Å². The topological polar surface area (TPSA) is 202 Å².